The summed E-state index contributed by atoms with van der Waals surface area (Å²) in [5.74, 6) is -0.535. The summed E-state index contributed by atoms with van der Waals surface area (Å²) in [4.78, 5) is 38.8. The number of benzene rings is 1. The minimum atomic E-state index is -0.619. The molecule has 1 saturated heterocycles. The van der Waals surface area contributed by atoms with E-state index in [0.717, 1.165) is 34.7 Å². The first-order valence-electron chi connectivity index (χ1n) is 9.33. The molecule has 1 aromatic carbocycles. The summed E-state index contributed by atoms with van der Waals surface area (Å²) in [7, 11) is 0. The second-order valence-corrected chi connectivity index (χ2v) is 7.43. The van der Waals surface area contributed by atoms with E-state index in [1.54, 1.807) is 0 Å². The van der Waals surface area contributed by atoms with Gasteiger partial charge in [-0.25, -0.2) is 4.79 Å². The number of hydrogen-bond acceptors (Lipinski definition) is 3. The smallest absolute Gasteiger partial charge is 0.325 e. The highest BCUT2D eigenvalue weighted by Crippen LogP contribution is 2.38. The number of rotatable bonds is 6. The Morgan fingerprint density at radius 3 is 2.52 bits per heavy atom. The van der Waals surface area contributed by atoms with Crippen LogP contribution in [-0.4, -0.2) is 39.8 Å². The van der Waals surface area contributed by atoms with Crippen LogP contribution in [0.25, 0.3) is 0 Å². The fourth-order valence-corrected chi connectivity index (χ4v) is 3.90. The molecular weight excluding hydrogens is 342 g/mol. The van der Waals surface area contributed by atoms with Crippen LogP contribution in [0, 0.1) is 13.8 Å². The highest BCUT2D eigenvalue weighted by Gasteiger charge is 2.39. The van der Waals surface area contributed by atoms with Crippen molar-refractivity contribution in [1.82, 2.24) is 14.8 Å². The number of aromatic nitrogens is 1. The van der Waals surface area contributed by atoms with Gasteiger partial charge in [-0.2, -0.15) is 0 Å². The second-order valence-electron chi connectivity index (χ2n) is 7.43. The summed E-state index contributed by atoms with van der Waals surface area (Å²) in [6.45, 7) is 3.71. The molecule has 1 saturated carbocycles. The highest BCUT2D eigenvalue weighted by molar-refractivity contribution is 6.09. The molecule has 1 N–H and O–H groups in total. The van der Waals surface area contributed by atoms with Gasteiger partial charge in [0.05, 0.1) is 6.54 Å². The number of hydrogen-bond donors (Lipinski definition) is 1. The van der Waals surface area contributed by atoms with E-state index in [1.807, 2.05) is 50.2 Å². The largest absolute Gasteiger partial charge is 0.345 e. The molecule has 2 aromatic rings. The minimum absolute atomic E-state index is 0.195. The van der Waals surface area contributed by atoms with Gasteiger partial charge >= 0.3 is 6.03 Å². The number of Topliss-reactive ketones (excluding diaryl/α,β-unsaturated/α-hetero) is 1. The molecule has 0 radical (unpaired) electrons. The van der Waals surface area contributed by atoms with Crippen LogP contribution in [0.3, 0.4) is 0 Å². The van der Waals surface area contributed by atoms with Gasteiger partial charge in [-0.3, -0.25) is 14.5 Å². The summed E-state index contributed by atoms with van der Waals surface area (Å²) in [5, 5.41) is 2.70. The van der Waals surface area contributed by atoms with Crippen LogP contribution < -0.4 is 5.32 Å². The third-order valence-corrected chi connectivity index (χ3v) is 5.39. The average Bonchev–Trinajstić information content (AvgIpc) is 3.38. The summed E-state index contributed by atoms with van der Waals surface area (Å²) in [5.41, 5.74) is 3.55. The van der Waals surface area contributed by atoms with Crippen LogP contribution in [0.2, 0.25) is 0 Å². The normalized spacial score (nSPS) is 19.5. The highest BCUT2D eigenvalue weighted by atomic mass is 16.2. The van der Waals surface area contributed by atoms with Gasteiger partial charge in [0, 0.05) is 29.4 Å². The van der Waals surface area contributed by atoms with E-state index in [1.165, 1.54) is 0 Å². The van der Waals surface area contributed by atoms with Gasteiger partial charge < -0.3 is 9.88 Å². The van der Waals surface area contributed by atoms with E-state index >= 15 is 0 Å². The molecule has 0 bridgehead atoms. The van der Waals surface area contributed by atoms with Crippen LogP contribution >= 0.6 is 0 Å². The molecule has 0 spiro atoms. The van der Waals surface area contributed by atoms with E-state index in [-0.39, 0.29) is 18.2 Å². The van der Waals surface area contributed by atoms with Crippen molar-refractivity contribution in [1.29, 1.82) is 0 Å². The lowest BCUT2D eigenvalue weighted by Gasteiger charge is -2.13. The third kappa shape index (κ3) is 3.27. The summed E-state index contributed by atoms with van der Waals surface area (Å²) in [6.07, 6.45) is 2.70. The number of amides is 3. The Morgan fingerprint density at radius 2 is 1.85 bits per heavy atom. The Bertz CT molecular complexity index is 912. The molecule has 6 nitrogen and oxygen atoms in total. The lowest BCUT2D eigenvalue weighted by Crippen LogP contribution is -2.36. The Labute approximate surface area is 158 Å². The van der Waals surface area contributed by atoms with Crippen molar-refractivity contribution < 1.29 is 14.4 Å². The molecule has 27 heavy (non-hydrogen) atoms. The third-order valence-electron chi connectivity index (χ3n) is 5.39. The summed E-state index contributed by atoms with van der Waals surface area (Å²) in [6, 6.07) is 10.8. The van der Waals surface area contributed by atoms with Gasteiger partial charge in [0.15, 0.2) is 5.78 Å². The number of aryl methyl sites for hydroxylation is 1. The monoisotopic (exact) mass is 365 g/mol. The maximum Gasteiger partial charge on any atom is 0.325 e. The molecule has 1 atom stereocenters. The molecule has 4 rings (SSSR count). The van der Waals surface area contributed by atoms with Crippen LogP contribution in [0.1, 0.15) is 46.2 Å². The number of urea groups is 1. The lowest BCUT2D eigenvalue weighted by molar-refractivity contribution is -0.127. The number of nitrogens with one attached hydrogen (secondary N) is 1. The van der Waals surface area contributed by atoms with E-state index < -0.39 is 12.1 Å². The maximum atomic E-state index is 12.8. The number of nitrogens with zero attached hydrogens (tertiary/aromatic N) is 2. The zero-order valence-electron chi connectivity index (χ0n) is 15.6. The Morgan fingerprint density at radius 1 is 1.15 bits per heavy atom. The zero-order chi connectivity index (χ0) is 19.1. The van der Waals surface area contributed by atoms with Crippen LogP contribution in [-0.2, 0) is 11.2 Å². The quantitative estimate of drug-likeness (QED) is 0.632. The molecule has 2 aliphatic rings. The van der Waals surface area contributed by atoms with Crippen LogP contribution in [0.4, 0.5) is 4.79 Å². The van der Waals surface area contributed by atoms with Gasteiger partial charge in [0.1, 0.15) is 6.04 Å². The van der Waals surface area contributed by atoms with Gasteiger partial charge in [0.2, 0.25) is 0 Å². The standard InChI is InChI=1S/C21H23N3O3/c1-13-10-17(14(2)24(13)16-8-9-16)19(25)12-23-20(26)18(22-21(23)27)11-15-6-4-3-5-7-15/h3-7,10,16,18H,8-9,11-12H2,1-2H3,(H,22,27). The van der Waals surface area contributed by atoms with Crippen molar-refractivity contribution in [3.8, 4) is 0 Å². The predicted molar refractivity (Wildman–Crippen MR) is 101 cm³/mol. The second kappa shape index (κ2) is 6.68. The van der Waals surface area contributed by atoms with E-state index in [9.17, 15) is 14.4 Å². The van der Waals surface area contributed by atoms with E-state index in [2.05, 4.69) is 9.88 Å². The van der Waals surface area contributed by atoms with Crippen LogP contribution in [0.15, 0.2) is 36.4 Å². The van der Waals surface area contributed by atoms with Gasteiger partial charge in [0.25, 0.3) is 5.91 Å². The molecule has 6 heteroatoms. The van der Waals surface area contributed by atoms with Gasteiger partial charge in [-0.1, -0.05) is 30.3 Å². The average molecular weight is 365 g/mol. The maximum absolute atomic E-state index is 12.8. The molecule has 1 aliphatic heterocycles. The van der Waals surface area contributed by atoms with E-state index in [0.29, 0.717) is 18.0 Å². The number of imide groups is 1. The molecular formula is C21H23N3O3. The van der Waals surface area contributed by atoms with Crippen molar-refractivity contribution >= 4 is 17.7 Å². The SMILES string of the molecule is Cc1cc(C(=O)CN2C(=O)NC(Cc3ccccc3)C2=O)c(C)n1C1CC1. The summed E-state index contributed by atoms with van der Waals surface area (Å²) >= 11 is 0. The number of carbonyl (C=O) groups excluding carboxylic acids is 3. The molecule has 1 aromatic heterocycles. The predicted octanol–water partition coefficient (Wildman–Crippen LogP) is 2.79. The van der Waals surface area contributed by atoms with Crippen molar-refractivity contribution in [2.24, 2.45) is 0 Å². The molecule has 3 amide bonds. The number of ketones is 1. The van der Waals surface area contributed by atoms with Crippen molar-refractivity contribution in [2.75, 3.05) is 6.54 Å². The molecule has 1 aliphatic carbocycles. The van der Waals surface area contributed by atoms with Crippen molar-refractivity contribution in [3.05, 3.63) is 58.9 Å². The Kier molecular flexibility index (Phi) is 4.34. The molecule has 2 fully saturated rings. The molecule has 2 heterocycles. The minimum Gasteiger partial charge on any atom is -0.345 e. The van der Waals surface area contributed by atoms with Gasteiger partial charge in [-0.15, -0.1) is 0 Å². The molecule has 140 valence electrons. The number of carbonyl (C=O) groups is 3. The zero-order valence-corrected chi connectivity index (χ0v) is 15.6. The first-order chi connectivity index (χ1) is 13.0. The van der Waals surface area contributed by atoms with Crippen LogP contribution in [0.5, 0.6) is 0 Å². The van der Waals surface area contributed by atoms with E-state index in [4.69, 9.17) is 0 Å². The first-order valence-corrected chi connectivity index (χ1v) is 9.33. The summed E-state index contributed by atoms with van der Waals surface area (Å²) < 4.78 is 2.19. The van der Waals surface area contributed by atoms with Crippen molar-refractivity contribution in [2.45, 2.75) is 45.2 Å². The fraction of sp³-hybridized carbons (Fsp3) is 0.381. The lowest BCUT2D eigenvalue weighted by atomic mass is 10.1. The molecule has 1 unspecified atom stereocenters. The first kappa shape index (κ1) is 17.5. The Balaban J connectivity index is 1.47. The topological polar surface area (TPSA) is 71.4 Å². The van der Waals surface area contributed by atoms with Crippen molar-refractivity contribution in [3.63, 3.8) is 0 Å². The Hall–Kier alpha value is -2.89. The van der Waals surface area contributed by atoms with Gasteiger partial charge in [-0.05, 0) is 38.3 Å². The fourth-order valence-electron chi connectivity index (χ4n) is 3.90.